The second-order valence-corrected chi connectivity index (χ2v) is 11.9. The number of carboxylic acid groups (broad SMARTS) is 2. The first kappa shape index (κ1) is 27.8. The summed E-state index contributed by atoms with van der Waals surface area (Å²) in [6.45, 7) is -0.451. The van der Waals surface area contributed by atoms with Gasteiger partial charge in [-0.1, -0.05) is 16.9 Å². The van der Waals surface area contributed by atoms with Crippen LogP contribution in [0.3, 0.4) is 0 Å². The number of thiazole rings is 1. The van der Waals surface area contributed by atoms with E-state index in [9.17, 15) is 24.3 Å². The number of carbonyl (C=O) groups is 4. The highest BCUT2D eigenvalue weighted by Crippen LogP contribution is 2.41. The van der Waals surface area contributed by atoms with E-state index in [4.69, 9.17) is 15.7 Å². The molecule has 2 aromatic rings. The van der Waals surface area contributed by atoms with Crippen LogP contribution >= 0.6 is 34.9 Å². The van der Waals surface area contributed by atoms with Gasteiger partial charge in [0.05, 0.1) is 0 Å². The number of carbonyl (C=O) groups excluding carboxylic acids is 2. The molecule has 5 rings (SSSR count). The summed E-state index contributed by atoms with van der Waals surface area (Å²) in [5.41, 5.74) is 6.09. The lowest BCUT2D eigenvalue weighted by atomic mass is 10.0. The largest absolute Gasteiger partial charge is 0.480 e. The molecule has 5 N–H and O–H groups in total. The molecule has 2 fully saturated rings. The maximum Gasteiger partial charge on any atom is 0.352 e. The fourth-order valence-corrected chi connectivity index (χ4v) is 7.31. The van der Waals surface area contributed by atoms with Crippen molar-refractivity contribution in [2.24, 2.45) is 5.16 Å². The third kappa shape index (κ3) is 5.75. The van der Waals surface area contributed by atoms with E-state index in [1.807, 2.05) is 0 Å². The third-order valence-corrected chi connectivity index (χ3v) is 9.33. The second kappa shape index (κ2) is 11.8. The van der Waals surface area contributed by atoms with Gasteiger partial charge in [-0.2, -0.15) is 0 Å². The number of aromatic nitrogens is 5. The molecule has 0 bridgehead atoms. The van der Waals surface area contributed by atoms with Gasteiger partial charge in [0.1, 0.15) is 35.5 Å². The Morgan fingerprint density at radius 1 is 1.27 bits per heavy atom. The summed E-state index contributed by atoms with van der Waals surface area (Å²) < 4.78 is 1.08. The summed E-state index contributed by atoms with van der Waals surface area (Å²) >= 11 is 3.48. The van der Waals surface area contributed by atoms with Crippen molar-refractivity contribution >= 4 is 69.5 Å². The molecule has 1 saturated carbocycles. The van der Waals surface area contributed by atoms with Crippen LogP contribution < -0.4 is 11.1 Å². The Kier molecular flexibility index (Phi) is 8.22. The lowest BCUT2D eigenvalue weighted by Gasteiger charge is -2.49. The van der Waals surface area contributed by atoms with E-state index in [1.165, 1.54) is 11.8 Å². The van der Waals surface area contributed by atoms with Gasteiger partial charge < -0.3 is 26.1 Å². The Morgan fingerprint density at radius 3 is 2.73 bits per heavy atom. The van der Waals surface area contributed by atoms with Gasteiger partial charge in [0, 0.05) is 16.9 Å². The number of carboxylic acids is 2. The Hall–Kier alpha value is -3.71. The van der Waals surface area contributed by atoms with Crippen LogP contribution in [0.25, 0.3) is 0 Å². The average Bonchev–Trinajstić information content (AvgIpc) is 3.68. The molecule has 4 heterocycles. The number of nitrogen functional groups attached to an aromatic ring is 1. The minimum Gasteiger partial charge on any atom is -0.480 e. The summed E-state index contributed by atoms with van der Waals surface area (Å²) in [6.07, 6.45) is 3.56. The van der Waals surface area contributed by atoms with Gasteiger partial charge in [0.25, 0.3) is 11.8 Å². The molecule has 40 heavy (non-hydrogen) atoms. The zero-order valence-corrected chi connectivity index (χ0v) is 23.1. The molecule has 1 saturated heterocycles. The summed E-state index contributed by atoms with van der Waals surface area (Å²) in [4.78, 5) is 60.4. The van der Waals surface area contributed by atoms with Gasteiger partial charge in [-0.05, 0) is 41.7 Å². The molecule has 2 aromatic heterocycles. The highest BCUT2D eigenvalue weighted by atomic mass is 32.2. The van der Waals surface area contributed by atoms with Gasteiger partial charge in [-0.15, -0.1) is 28.2 Å². The Bertz CT molecular complexity index is 1400. The number of aliphatic carboxylic acids is 2. The predicted molar refractivity (Wildman–Crippen MR) is 142 cm³/mol. The van der Waals surface area contributed by atoms with Crippen LogP contribution in [0.1, 0.15) is 31.4 Å². The topological polar surface area (TPSA) is 228 Å². The van der Waals surface area contributed by atoms with Gasteiger partial charge in [0.2, 0.25) is 5.16 Å². The number of nitrogens with one attached hydrogen (secondary N) is 1. The highest BCUT2D eigenvalue weighted by Gasteiger charge is 2.54. The van der Waals surface area contributed by atoms with Crippen LogP contribution in [0.2, 0.25) is 0 Å². The summed E-state index contributed by atoms with van der Waals surface area (Å²) in [7, 11) is 0. The summed E-state index contributed by atoms with van der Waals surface area (Å²) in [5.74, 6) is -3.34. The molecular formula is C21H23N9O7S3. The molecule has 19 heteroatoms. The number of tetrazole rings is 1. The third-order valence-electron chi connectivity index (χ3n) is 6.27. The van der Waals surface area contributed by atoms with Crippen LogP contribution in [-0.2, 0) is 30.6 Å². The molecule has 0 spiro atoms. The lowest BCUT2D eigenvalue weighted by molar-refractivity contribution is -0.150. The van der Waals surface area contributed by atoms with Crippen molar-refractivity contribution < 1.29 is 34.2 Å². The number of fused-ring (bicyclic) bond motifs is 1. The second-order valence-electron chi connectivity index (χ2n) is 8.94. The van der Waals surface area contributed by atoms with E-state index in [-0.39, 0.29) is 45.0 Å². The zero-order valence-electron chi connectivity index (χ0n) is 20.6. The van der Waals surface area contributed by atoms with E-state index in [0.717, 1.165) is 58.4 Å². The molecule has 3 aliphatic rings. The first-order valence-corrected chi connectivity index (χ1v) is 14.9. The van der Waals surface area contributed by atoms with Crippen molar-refractivity contribution in [2.75, 3.05) is 17.2 Å². The van der Waals surface area contributed by atoms with E-state index in [2.05, 4.69) is 31.0 Å². The number of thioether (sulfide) groups is 2. The number of nitrogens with zero attached hydrogens (tertiary/aromatic N) is 7. The van der Waals surface area contributed by atoms with Gasteiger partial charge in [0.15, 0.2) is 10.8 Å². The molecule has 16 nitrogen and oxygen atoms in total. The zero-order chi connectivity index (χ0) is 28.4. The van der Waals surface area contributed by atoms with E-state index >= 15 is 0 Å². The Balaban J connectivity index is 1.29. The Labute approximate surface area is 238 Å². The number of rotatable bonds is 11. The smallest absolute Gasteiger partial charge is 0.352 e. The van der Waals surface area contributed by atoms with Gasteiger partial charge >= 0.3 is 11.9 Å². The lowest BCUT2D eigenvalue weighted by Crippen LogP contribution is -2.71. The van der Waals surface area contributed by atoms with Crippen molar-refractivity contribution in [1.82, 2.24) is 35.4 Å². The molecule has 1 unspecified atom stereocenters. The number of nitrogens with two attached hydrogens (primary N) is 1. The van der Waals surface area contributed by atoms with Crippen LogP contribution in [0, 0.1) is 0 Å². The number of oxime groups is 1. The van der Waals surface area contributed by atoms with Crippen LogP contribution in [0.4, 0.5) is 5.13 Å². The van der Waals surface area contributed by atoms with Crippen molar-refractivity contribution in [3.8, 4) is 0 Å². The number of amides is 2. The molecule has 2 aliphatic heterocycles. The number of hydrogen-bond donors (Lipinski definition) is 4. The van der Waals surface area contributed by atoms with Crippen LogP contribution in [0.5, 0.6) is 0 Å². The van der Waals surface area contributed by atoms with Gasteiger partial charge in [-0.3, -0.25) is 19.3 Å². The van der Waals surface area contributed by atoms with Crippen molar-refractivity contribution in [3.05, 3.63) is 22.3 Å². The normalized spacial score (nSPS) is 21.2. The minimum atomic E-state index is -1.30. The monoisotopic (exact) mass is 609 g/mol. The fraction of sp³-hybridized carbons (Fsp3) is 0.476. The number of hydrogen-bond acceptors (Lipinski definition) is 14. The molecule has 1 aliphatic carbocycles. The van der Waals surface area contributed by atoms with Crippen molar-refractivity contribution in [3.63, 3.8) is 0 Å². The van der Waals surface area contributed by atoms with Crippen molar-refractivity contribution in [1.29, 1.82) is 0 Å². The van der Waals surface area contributed by atoms with E-state index in [1.54, 1.807) is 5.38 Å². The van der Waals surface area contributed by atoms with Crippen molar-refractivity contribution in [2.45, 2.75) is 54.9 Å². The van der Waals surface area contributed by atoms with Crippen LogP contribution in [-0.4, -0.2) is 98.8 Å². The van der Waals surface area contributed by atoms with Gasteiger partial charge in [-0.25, -0.2) is 14.5 Å². The average molecular weight is 610 g/mol. The molecule has 2 atom stereocenters. The highest BCUT2D eigenvalue weighted by molar-refractivity contribution is 8.01. The first-order chi connectivity index (χ1) is 19.2. The quantitative estimate of drug-likeness (QED) is 0.114. The van der Waals surface area contributed by atoms with E-state index in [0.29, 0.717) is 5.57 Å². The predicted octanol–water partition coefficient (Wildman–Crippen LogP) is -0.00940. The Morgan fingerprint density at radius 2 is 2.05 bits per heavy atom. The molecule has 2 amide bonds. The van der Waals surface area contributed by atoms with E-state index < -0.39 is 41.7 Å². The molecule has 0 radical (unpaired) electrons. The summed E-state index contributed by atoms with van der Waals surface area (Å²) in [6, 6.07) is -0.989. The summed E-state index contributed by atoms with van der Waals surface area (Å²) in [5, 5.41) is 37.8. The maximum atomic E-state index is 13.2. The first-order valence-electron chi connectivity index (χ1n) is 12.0. The fourth-order valence-electron chi connectivity index (χ4n) is 4.40. The molecule has 212 valence electrons. The molecule has 0 aromatic carbocycles. The number of anilines is 1. The van der Waals surface area contributed by atoms with Crippen LogP contribution in [0.15, 0.2) is 27.0 Å². The maximum absolute atomic E-state index is 13.2. The number of β-lactam (4-membered cyclic amide) rings is 1. The minimum absolute atomic E-state index is 0.109. The standard InChI is InChI=1S/C21H23N9O7S3/c22-20-23-11(8-39-20)13(26-37-10-3-1-2-4-10)16(33)24-14-17(34)30-15(19(35)36)9(6-38-18(14)30)7-40-21-25-27-28-29(21)5-12(31)32/h8,10,14,18H,1-7H2,(H2,22,23)(H,24,33)(H,31,32)(H,35,36)/t14?,18-/m0/s1. The molecular weight excluding hydrogens is 586 g/mol. The SMILES string of the molecule is Nc1nc(C(=NOC2CCCC2)C(=O)NC2C(=O)N3C(C(=O)O)=C(CSc4nnnn4CC(=O)O)CS[C@@H]23)cs1.